The van der Waals surface area contributed by atoms with E-state index in [1.54, 1.807) is 0 Å². The summed E-state index contributed by atoms with van der Waals surface area (Å²) in [6, 6.07) is 5.45. The van der Waals surface area contributed by atoms with Crippen molar-refractivity contribution in [2.24, 2.45) is 11.8 Å². The van der Waals surface area contributed by atoms with Gasteiger partial charge < -0.3 is 10.0 Å². The first kappa shape index (κ1) is 16.9. The molecule has 25 heavy (non-hydrogen) atoms. The van der Waals surface area contributed by atoms with Crippen molar-refractivity contribution in [3.8, 4) is 0 Å². The fraction of sp³-hybridized carbons (Fsp3) is 0.333. The number of benzene rings is 1. The molecule has 1 aromatic carbocycles. The van der Waals surface area contributed by atoms with Crippen LogP contribution in [0.25, 0.3) is 10.8 Å². The number of pyridine rings is 1. The van der Waals surface area contributed by atoms with Crippen LogP contribution in [0.4, 0.5) is 24.7 Å². The summed E-state index contributed by atoms with van der Waals surface area (Å²) in [5.41, 5.74) is -0.150. The minimum absolute atomic E-state index is 0.150. The van der Waals surface area contributed by atoms with Crippen molar-refractivity contribution in [3.63, 3.8) is 0 Å². The Morgan fingerprint density at radius 3 is 2.60 bits per heavy atom. The summed E-state index contributed by atoms with van der Waals surface area (Å²) in [5, 5.41) is 20.8. The van der Waals surface area contributed by atoms with Crippen LogP contribution in [0.3, 0.4) is 0 Å². The molecular formula is C15H12F3N3O4. The van der Waals surface area contributed by atoms with Gasteiger partial charge in [-0.25, -0.2) is 4.98 Å². The van der Waals surface area contributed by atoms with Gasteiger partial charge in [0.05, 0.1) is 16.8 Å². The number of alkyl halides is 3. The summed E-state index contributed by atoms with van der Waals surface area (Å²) in [6.07, 6.45) is -3.31. The van der Waals surface area contributed by atoms with Gasteiger partial charge in [0, 0.05) is 36.8 Å². The summed E-state index contributed by atoms with van der Waals surface area (Å²) in [6.45, 7) is -0.855. The topological polar surface area (TPSA) is 96.6 Å². The number of halogens is 3. The quantitative estimate of drug-likeness (QED) is 0.672. The third kappa shape index (κ3) is 3.06. The summed E-state index contributed by atoms with van der Waals surface area (Å²) in [7, 11) is 0. The number of nitrogens with zero attached hydrogens (tertiary/aromatic N) is 3. The molecule has 7 nitrogen and oxygen atoms in total. The van der Waals surface area contributed by atoms with Crippen molar-refractivity contribution in [2.45, 2.75) is 6.18 Å². The molecule has 1 aromatic heterocycles. The molecule has 0 aliphatic carbocycles. The predicted molar refractivity (Wildman–Crippen MR) is 81.3 cm³/mol. The molecule has 1 aliphatic heterocycles. The molecule has 0 unspecified atom stereocenters. The van der Waals surface area contributed by atoms with Crippen LogP contribution in [0.1, 0.15) is 0 Å². The lowest BCUT2D eigenvalue weighted by Crippen LogP contribution is -2.33. The van der Waals surface area contributed by atoms with E-state index in [9.17, 15) is 28.1 Å². The number of hydrogen-bond donors (Lipinski definition) is 1. The van der Waals surface area contributed by atoms with Crippen LogP contribution >= 0.6 is 0 Å². The van der Waals surface area contributed by atoms with E-state index >= 15 is 0 Å². The van der Waals surface area contributed by atoms with Crippen molar-refractivity contribution >= 4 is 28.2 Å². The van der Waals surface area contributed by atoms with Crippen LogP contribution < -0.4 is 4.90 Å². The first-order chi connectivity index (χ1) is 11.7. The van der Waals surface area contributed by atoms with E-state index in [1.807, 2.05) is 0 Å². The van der Waals surface area contributed by atoms with E-state index in [2.05, 4.69) is 4.98 Å². The standard InChI is InChI=1S/C15H12F3N3O4/c16-15(17,18)12-7-20(6-11(12)14(22)23)13-10-2-1-9(21(24)25)5-8(10)3-4-19-13/h1-5,11-12H,6-7H2,(H,22,23)/t11-,12-/m1/s1. The maximum absolute atomic E-state index is 13.1. The number of aliphatic carboxylic acids is 1. The zero-order valence-corrected chi connectivity index (χ0v) is 12.6. The molecule has 132 valence electrons. The van der Waals surface area contributed by atoms with Crippen LogP contribution in [0.15, 0.2) is 30.5 Å². The van der Waals surface area contributed by atoms with Crippen LogP contribution in [0, 0.1) is 22.0 Å². The van der Waals surface area contributed by atoms with Gasteiger partial charge in [0.25, 0.3) is 5.69 Å². The van der Waals surface area contributed by atoms with E-state index in [-0.39, 0.29) is 18.1 Å². The molecule has 1 fully saturated rings. The SMILES string of the molecule is O=C(O)[C@@H]1CN(c2nccc3cc([N+](=O)[O-])ccc23)C[C@H]1C(F)(F)F. The third-order valence-corrected chi connectivity index (χ3v) is 4.29. The number of hydrogen-bond acceptors (Lipinski definition) is 5. The molecule has 0 spiro atoms. The normalized spacial score (nSPS) is 20.8. The number of fused-ring (bicyclic) bond motifs is 1. The second kappa shape index (κ2) is 5.87. The molecule has 0 bridgehead atoms. The average molecular weight is 355 g/mol. The minimum Gasteiger partial charge on any atom is -0.481 e. The lowest BCUT2D eigenvalue weighted by atomic mass is 9.96. The molecule has 0 saturated carbocycles. The van der Waals surface area contributed by atoms with Crippen molar-refractivity contribution < 1.29 is 28.0 Å². The summed E-state index contributed by atoms with van der Waals surface area (Å²) in [5.74, 6) is -4.92. The number of aromatic nitrogens is 1. The van der Waals surface area contributed by atoms with E-state index < -0.39 is 35.4 Å². The Kier molecular flexibility index (Phi) is 3.97. The van der Waals surface area contributed by atoms with Gasteiger partial charge in [-0.05, 0) is 17.5 Å². The van der Waals surface area contributed by atoms with Gasteiger partial charge in [-0.2, -0.15) is 13.2 Å². The largest absolute Gasteiger partial charge is 0.481 e. The summed E-state index contributed by atoms with van der Waals surface area (Å²) >= 11 is 0. The zero-order chi connectivity index (χ0) is 18.4. The third-order valence-electron chi connectivity index (χ3n) is 4.29. The fourth-order valence-electron chi connectivity index (χ4n) is 3.07. The number of non-ortho nitro benzene ring substituents is 1. The highest BCUT2D eigenvalue weighted by Gasteiger charge is 2.53. The first-order valence-electron chi connectivity index (χ1n) is 7.26. The molecule has 2 aromatic rings. The smallest absolute Gasteiger partial charge is 0.394 e. The number of nitro benzene ring substituents is 1. The maximum Gasteiger partial charge on any atom is 0.394 e. The van der Waals surface area contributed by atoms with Crippen LogP contribution in [-0.4, -0.2) is 40.2 Å². The van der Waals surface area contributed by atoms with E-state index in [0.29, 0.717) is 10.8 Å². The van der Waals surface area contributed by atoms with Gasteiger partial charge in [0.1, 0.15) is 5.82 Å². The fourth-order valence-corrected chi connectivity index (χ4v) is 3.07. The molecule has 1 N–H and O–H groups in total. The van der Waals surface area contributed by atoms with Gasteiger partial charge in [0.15, 0.2) is 0 Å². The lowest BCUT2D eigenvalue weighted by Gasteiger charge is -2.20. The average Bonchev–Trinajstić information content (AvgIpc) is 2.99. The molecule has 0 radical (unpaired) electrons. The molecule has 0 amide bonds. The Bertz CT molecular complexity index is 856. The van der Waals surface area contributed by atoms with Crippen molar-refractivity contribution in [2.75, 3.05) is 18.0 Å². The second-order valence-electron chi connectivity index (χ2n) is 5.79. The maximum atomic E-state index is 13.1. The Labute approximate surface area is 138 Å². The van der Waals surface area contributed by atoms with Gasteiger partial charge in [-0.1, -0.05) is 0 Å². The Morgan fingerprint density at radius 1 is 1.32 bits per heavy atom. The van der Waals surface area contributed by atoms with Crippen molar-refractivity contribution in [3.05, 3.63) is 40.6 Å². The number of anilines is 1. The van der Waals surface area contributed by atoms with E-state index in [0.717, 1.165) is 0 Å². The highest BCUT2D eigenvalue weighted by atomic mass is 19.4. The Morgan fingerprint density at radius 2 is 2.04 bits per heavy atom. The monoisotopic (exact) mass is 355 g/mol. The predicted octanol–water partition coefficient (Wildman–Crippen LogP) is 2.84. The lowest BCUT2D eigenvalue weighted by molar-refractivity contribution is -0.384. The Hall–Kier alpha value is -2.91. The number of nitro groups is 1. The number of carboxylic acid groups (broad SMARTS) is 1. The molecule has 3 rings (SSSR count). The highest BCUT2D eigenvalue weighted by molar-refractivity contribution is 5.94. The molecule has 2 atom stereocenters. The van der Waals surface area contributed by atoms with Gasteiger partial charge in [-0.15, -0.1) is 0 Å². The summed E-state index contributed by atoms with van der Waals surface area (Å²) in [4.78, 5) is 26.8. The van der Waals surface area contributed by atoms with Gasteiger partial charge >= 0.3 is 12.1 Å². The van der Waals surface area contributed by atoms with Crippen molar-refractivity contribution in [1.82, 2.24) is 4.98 Å². The number of rotatable bonds is 3. The first-order valence-corrected chi connectivity index (χ1v) is 7.26. The second-order valence-corrected chi connectivity index (χ2v) is 5.79. The summed E-state index contributed by atoms with van der Waals surface area (Å²) < 4.78 is 39.4. The van der Waals surface area contributed by atoms with E-state index in [1.165, 1.54) is 35.4 Å². The van der Waals surface area contributed by atoms with Gasteiger partial charge in [-0.3, -0.25) is 14.9 Å². The molecule has 1 saturated heterocycles. The van der Waals surface area contributed by atoms with Crippen molar-refractivity contribution in [1.29, 1.82) is 0 Å². The molecule has 2 heterocycles. The van der Waals surface area contributed by atoms with Gasteiger partial charge in [0.2, 0.25) is 0 Å². The highest BCUT2D eigenvalue weighted by Crippen LogP contribution is 2.40. The minimum atomic E-state index is -4.64. The van der Waals surface area contributed by atoms with Crippen LogP contribution in [0.2, 0.25) is 0 Å². The molecular weight excluding hydrogens is 343 g/mol. The Balaban J connectivity index is 2.02. The number of carboxylic acids is 1. The van der Waals surface area contributed by atoms with E-state index in [4.69, 9.17) is 5.11 Å². The number of carbonyl (C=O) groups is 1. The molecule has 1 aliphatic rings. The zero-order valence-electron chi connectivity index (χ0n) is 12.6. The van der Waals surface area contributed by atoms with Crippen LogP contribution in [-0.2, 0) is 4.79 Å². The van der Waals surface area contributed by atoms with Crippen LogP contribution in [0.5, 0.6) is 0 Å². The molecule has 10 heteroatoms.